The maximum atomic E-state index is 12.8. The van der Waals surface area contributed by atoms with Gasteiger partial charge < -0.3 is 4.90 Å². The van der Waals surface area contributed by atoms with Gasteiger partial charge in [0.15, 0.2) is 0 Å². The number of piperidine rings is 2. The third-order valence-electron chi connectivity index (χ3n) is 6.35. The van der Waals surface area contributed by atoms with E-state index in [4.69, 9.17) is 0 Å². The number of rotatable bonds is 4. The molecule has 0 unspecified atom stereocenters. The molecule has 160 valence electrons. The number of benzene rings is 2. The molecule has 2 aliphatic rings. The van der Waals surface area contributed by atoms with E-state index in [-0.39, 0.29) is 11.9 Å². The largest absolute Gasteiger partial charge is 0.416 e. The van der Waals surface area contributed by atoms with E-state index in [2.05, 4.69) is 36.1 Å². The van der Waals surface area contributed by atoms with Crippen LogP contribution in [0.25, 0.3) is 0 Å². The van der Waals surface area contributed by atoms with Gasteiger partial charge in [0.2, 0.25) is 5.91 Å². The van der Waals surface area contributed by atoms with Crippen molar-refractivity contribution >= 4 is 5.91 Å². The minimum Gasteiger partial charge on any atom is -0.335 e. The summed E-state index contributed by atoms with van der Waals surface area (Å²) in [5, 5.41) is 0. The van der Waals surface area contributed by atoms with E-state index in [1.54, 1.807) is 0 Å². The zero-order valence-corrected chi connectivity index (χ0v) is 17.2. The molecule has 0 bridgehead atoms. The molecule has 2 aromatic rings. The Labute approximate surface area is 175 Å². The number of hydrogen-bond acceptors (Lipinski definition) is 2. The Bertz CT molecular complexity index is 894. The Kier molecular flexibility index (Phi) is 5.87. The van der Waals surface area contributed by atoms with Crippen LogP contribution < -0.4 is 0 Å². The van der Waals surface area contributed by atoms with Crippen molar-refractivity contribution in [3.63, 3.8) is 0 Å². The van der Waals surface area contributed by atoms with Crippen molar-refractivity contribution in [3.05, 3.63) is 70.8 Å². The first-order valence-corrected chi connectivity index (χ1v) is 10.5. The predicted octanol–water partition coefficient (Wildman–Crippen LogP) is 5.03. The molecule has 0 aliphatic carbocycles. The molecular weight excluding hydrogens is 389 g/mol. The summed E-state index contributed by atoms with van der Waals surface area (Å²) in [6, 6.07) is 13.9. The van der Waals surface area contributed by atoms with Gasteiger partial charge in [-0.15, -0.1) is 0 Å². The molecule has 0 radical (unpaired) electrons. The SMILES string of the molecule is Cc1cccc(CN2CC[C@@H]3[C@@H](CCC(=O)N3Cc3ccc(C(F)(F)F)cc3)C2)c1. The summed E-state index contributed by atoms with van der Waals surface area (Å²) < 4.78 is 38.4. The minimum absolute atomic E-state index is 0.114. The number of fused-ring (bicyclic) bond motifs is 1. The van der Waals surface area contributed by atoms with Crippen LogP contribution in [0.4, 0.5) is 13.2 Å². The maximum Gasteiger partial charge on any atom is 0.416 e. The molecule has 2 aromatic carbocycles. The first kappa shape index (κ1) is 20.9. The smallest absolute Gasteiger partial charge is 0.335 e. The molecule has 1 amide bonds. The van der Waals surface area contributed by atoms with E-state index in [9.17, 15) is 18.0 Å². The molecule has 0 spiro atoms. The summed E-state index contributed by atoms with van der Waals surface area (Å²) in [7, 11) is 0. The fourth-order valence-corrected chi connectivity index (χ4v) is 4.84. The van der Waals surface area contributed by atoms with Crippen molar-refractivity contribution in [2.45, 2.75) is 51.5 Å². The van der Waals surface area contributed by atoms with Gasteiger partial charge in [-0.25, -0.2) is 0 Å². The van der Waals surface area contributed by atoms with E-state index in [1.807, 2.05) is 4.90 Å². The van der Waals surface area contributed by atoms with Crippen LogP contribution in [0, 0.1) is 12.8 Å². The Morgan fingerprint density at radius 3 is 2.47 bits per heavy atom. The van der Waals surface area contributed by atoms with Gasteiger partial charge in [0.05, 0.1) is 5.56 Å². The normalized spacial score (nSPS) is 22.8. The standard InChI is InChI=1S/C24H27F3N2O/c1-17-3-2-4-19(13-17)14-28-12-11-22-20(16-28)7-10-23(30)29(22)15-18-5-8-21(9-6-18)24(25,26)27/h2-6,8-9,13,20,22H,7,10-12,14-16H2,1H3/t20-,22+/m0/s1. The average Bonchev–Trinajstić information content (AvgIpc) is 2.70. The number of amides is 1. The lowest BCUT2D eigenvalue weighted by Crippen LogP contribution is -2.55. The second-order valence-electron chi connectivity index (χ2n) is 8.60. The monoisotopic (exact) mass is 416 g/mol. The highest BCUT2D eigenvalue weighted by atomic mass is 19.4. The van der Waals surface area contributed by atoms with Crippen LogP contribution in [-0.4, -0.2) is 34.8 Å². The Hall–Kier alpha value is -2.34. The van der Waals surface area contributed by atoms with Crippen LogP contribution >= 0.6 is 0 Å². The second-order valence-corrected chi connectivity index (χ2v) is 8.60. The summed E-state index contributed by atoms with van der Waals surface area (Å²) in [4.78, 5) is 17.0. The zero-order chi connectivity index (χ0) is 21.3. The van der Waals surface area contributed by atoms with Crippen molar-refractivity contribution < 1.29 is 18.0 Å². The fraction of sp³-hybridized carbons (Fsp3) is 0.458. The first-order chi connectivity index (χ1) is 14.3. The molecule has 0 saturated carbocycles. The number of alkyl halides is 3. The second kappa shape index (κ2) is 8.42. The molecule has 0 N–H and O–H groups in total. The van der Waals surface area contributed by atoms with Gasteiger partial charge in [-0.3, -0.25) is 9.69 Å². The lowest BCUT2D eigenvalue weighted by molar-refractivity contribution is -0.142. The third-order valence-corrected chi connectivity index (χ3v) is 6.35. The lowest BCUT2D eigenvalue weighted by atomic mass is 9.83. The van der Waals surface area contributed by atoms with Gasteiger partial charge in [-0.1, -0.05) is 42.0 Å². The molecule has 2 aliphatic heterocycles. The summed E-state index contributed by atoms with van der Waals surface area (Å²) in [6.07, 6.45) is -2.03. The van der Waals surface area contributed by atoms with Crippen molar-refractivity contribution in [1.82, 2.24) is 9.80 Å². The molecule has 30 heavy (non-hydrogen) atoms. The van der Waals surface area contributed by atoms with Gasteiger partial charge in [-0.2, -0.15) is 13.2 Å². The van der Waals surface area contributed by atoms with E-state index in [0.717, 1.165) is 50.2 Å². The van der Waals surface area contributed by atoms with Crippen molar-refractivity contribution in [2.75, 3.05) is 13.1 Å². The number of likely N-dealkylation sites (tertiary alicyclic amines) is 2. The van der Waals surface area contributed by atoms with Crippen LogP contribution in [0.2, 0.25) is 0 Å². The Morgan fingerprint density at radius 1 is 1.00 bits per heavy atom. The van der Waals surface area contributed by atoms with Crippen LogP contribution in [0.1, 0.15) is 41.5 Å². The number of hydrogen-bond donors (Lipinski definition) is 0. The fourth-order valence-electron chi connectivity index (χ4n) is 4.84. The molecular formula is C24H27F3N2O. The van der Waals surface area contributed by atoms with Crippen LogP contribution in [-0.2, 0) is 24.1 Å². The number of carbonyl (C=O) groups excluding carboxylic acids is 1. The number of halogens is 3. The topological polar surface area (TPSA) is 23.6 Å². The van der Waals surface area contributed by atoms with Gasteiger partial charge in [0, 0.05) is 38.6 Å². The third kappa shape index (κ3) is 4.69. The van der Waals surface area contributed by atoms with E-state index < -0.39 is 11.7 Å². The minimum atomic E-state index is -4.34. The molecule has 2 fully saturated rings. The quantitative estimate of drug-likeness (QED) is 0.698. The Morgan fingerprint density at radius 2 is 1.77 bits per heavy atom. The lowest BCUT2D eigenvalue weighted by Gasteiger charge is -2.47. The van der Waals surface area contributed by atoms with Crippen LogP contribution in [0.3, 0.4) is 0 Å². The van der Waals surface area contributed by atoms with Crippen LogP contribution in [0.5, 0.6) is 0 Å². The molecule has 6 heteroatoms. The van der Waals surface area contributed by atoms with Crippen molar-refractivity contribution in [1.29, 1.82) is 0 Å². The highest BCUT2D eigenvalue weighted by Gasteiger charge is 2.39. The molecule has 0 aromatic heterocycles. The van der Waals surface area contributed by atoms with E-state index in [1.165, 1.54) is 23.3 Å². The predicted molar refractivity (Wildman–Crippen MR) is 110 cm³/mol. The van der Waals surface area contributed by atoms with Crippen molar-refractivity contribution in [3.8, 4) is 0 Å². The highest BCUT2D eigenvalue weighted by molar-refractivity contribution is 5.77. The number of nitrogens with zero attached hydrogens (tertiary/aromatic N) is 2. The molecule has 3 nitrogen and oxygen atoms in total. The number of carbonyl (C=O) groups is 1. The van der Waals surface area contributed by atoms with Gasteiger partial charge in [0.1, 0.15) is 0 Å². The first-order valence-electron chi connectivity index (χ1n) is 10.5. The maximum absolute atomic E-state index is 12.8. The van der Waals surface area contributed by atoms with Gasteiger partial charge >= 0.3 is 6.18 Å². The summed E-state index contributed by atoms with van der Waals surface area (Å²) >= 11 is 0. The molecule has 2 heterocycles. The van der Waals surface area contributed by atoms with E-state index >= 15 is 0 Å². The van der Waals surface area contributed by atoms with Crippen LogP contribution in [0.15, 0.2) is 48.5 Å². The highest BCUT2D eigenvalue weighted by Crippen LogP contribution is 2.34. The van der Waals surface area contributed by atoms with E-state index in [0.29, 0.717) is 18.9 Å². The van der Waals surface area contributed by atoms with Gasteiger partial charge in [-0.05, 0) is 48.9 Å². The molecule has 4 rings (SSSR count). The number of aryl methyl sites for hydroxylation is 1. The summed E-state index contributed by atoms with van der Waals surface area (Å²) in [5.41, 5.74) is 2.66. The van der Waals surface area contributed by atoms with Crippen molar-refractivity contribution in [2.24, 2.45) is 5.92 Å². The average molecular weight is 416 g/mol. The Balaban J connectivity index is 1.41. The summed E-state index contributed by atoms with van der Waals surface area (Å²) in [6.45, 7) is 5.27. The molecule has 2 atom stereocenters. The molecule has 2 saturated heterocycles. The summed E-state index contributed by atoms with van der Waals surface area (Å²) in [5.74, 6) is 0.527. The zero-order valence-electron chi connectivity index (χ0n) is 17.2. The van der Waals surface area contributed by atoms with Gasteiger partial charge in [0.25, 0.3) is 0 Å².